The molecule has 15 heavy (non-hydrogen) atoms. The number of hydrogen-bond acceptors (Lipinski definition) is 1. The second-order valence-corrected chi connectivity index (χ2v) is 2.76. The van der Waals surface area contributed by atoms with Crippen molar-refractivity contribution in [3.05, 3.63) is 48.2 Å². The quantitative estimate of drug-likeness (QED) is 0.679. The summed E-state index contributed by atoms with van der Waals surface area (Å²) in [6.45, 7) is 18.6. The van der Waals surface area contributed by atoms with E-state index in [0.717, 1.165) is 17.7 Å². The predicted molar refractivity (Wildman–Crippen MR) is 71.9 cm³/mol. The highest BCUT2D eigenvalue weighted by molar-refractivity contribution is 5.44. The van der Waals surface area contributed by atoms with E-state index >= 15 is 0 Å². The molecule has 86 valence electrons. The molecule has 0 aromatic rings. The molecule has 0 fully saturated rings. The van der Waals surface area contributed by atoms with Crippen LogP contribution in [-0.4, -0.2) is 6.54 Å². The molecule has 0 saturated heterocycles. The monoisotopic (exact) mass is 207 g/mol. The van der Waals surface area contributed by atoms with Crippen molar-refractivity contribution < 1.29 is 0 Å². The molecule has 0 radical (unpaired) electrons. The summed E-state index contributed by atoms with van der Waals surface area (Å²) in [7, 11) is 0. The van der Waals surface area contributed by atoms with E-state index in [1.165, 1.54) is 5.57 Å². The Kier molecular flexibility index (Phi) is 11.7. The van der Waals surface area contributed by atoms with E-state index in [1.807, 2.05) is 53.0 Å². The van der Waals surface area contributed by atoms with Crippen LogP contribution < -0.4 is 5.32 Å². The summed E-state index contributed by atoms with van der Waals surface area (Å²) < 4.78 is 0. The zero-order valence-corrected chi connectivity index (χ0v) is 10.9. The van der Waals surface area contributed by atoms with Crippen LogP contribution in [0.3, 0.4) is 0 Å². The Hall–Kier alpha value is -1.24. The first-order valence-corrected chi connectivity index (χ1v) is 5.65. The van der Waals surface area contributed by atoms with Crippen LogP contribution in [-0.2, 0) is 0 Å². The van der Waals surface area contributed by atoms with Crippen molar-refractivity contribution in [3.63, 3.8) is 0 Å². The molecule has 0 saturated carbocycles. The number of rotatable bonds is 1. The molecule has 0 aromatic heterocycles. The summed E-state index contributed by atoms with van der Waals surface area (Å²) >= 11 is 0. The van der Waals surface area contributed by atoms with Gasteiger partial charge in [-0.1, -0.05) is 52.5 Å². The fraction of sp³-hybridized carbons (Fsp3) is 0.429. The third kappa shape index (κ3) is 7.80. The van der Waals surface area contributed by atoms with Crippen LogP contribution >= 0.6 is 0 Å². The van der Waals surface area contributed by atoms with Crippen molar-refractivity contribution in [2.24, 2.45) is 0 Å². The van der Waals surface area contributed by atoms with E-state index in [4.69, 9.17) is 0 Å². The van der Waals surface area contributed by atoms with Gasteiger partial charge >= 0.3 is 0 Å². The van der Waals surface area contributed by atoms with Gasteiger partial charge in [0.05, 0.1) is 0 Å². The third-order valence-corrected chi connectivity index (χ3v) is 1.51. The summed E-state index contributed by atoms with van der Waals surface area (Å²) in [5.41, 5.74) is 3.36. The SMILES string of the molecule is C=C(C)/C=C1/C=CNCC1=C.CC.CC. The van der Waals surface area contributed by atoms with E-state index in [9.17, 15) is 0 Å². The van der Waals surface area contributed by atoms with Gasteiger partial charge in [0.25, 0.3) is 0 Å². The highest BCUT2D eigenvalue weighted by Crippen LogP contribution is 2.13. The first kappa shape index (κ1) is 16.2. The van der Waals surface area contributed by atoms with E-state index in [-0.39, 0.29) is 0 Å². The Balaban J connectivity index is 0. The molecule has 0 unspecified atom stereocenters. The van der Waals surface area contributed by atoms with Crippen LogP contribution in [0.15, 0.2) is 48.2 Å². The minimum atomic E-state index is 0.843. The van der Waals surface area contributed by atoms with Gasteiger partial charge < -0.3 is 5.32 Å². The van der Waals surface area contributed by atoms with Crippen molar-refractivity contribution in [1.82, 2.24) is 5.32 Å². The van der Waals surface area contributed by atoms with Crippen LogP contribution in [0.4, 0.5) is 0 Å². The molecule has 0 spiro atoms. The van der Waals surface area contributed by atoms with Gasteiger partial charge in [-0.25, -0.2) is 0 Å². The Morgan fingerprint density at radius 3 is 2.27 bits per heavy atom. The summed E-state index contributed by atoms with van der Waals surface area (Å²) in [5, 5.41) is 3.09. The van der Waals surface area contributed by atoms with E-state index in [0.29, 0.717) is 0 Å². The van der Waals surface area contributed by atoms with Crippen molar-refractivity contribution in [3.8, 4) is 0 Å². The van der Waals surface area contributed by atoms with Gasteiger partial charge in [-0.3, -0.25) is 0 Å². The minimum Gasteiger partial charge on any atom is -0.387 e. The zero-order valence-electron chi connectivity index (χ0n) is 10.9. The second kappa shape index (κ2) is 10.8. The van der Waals surface area contributed by atoms with E-state index in [1.54, 1.807) is 0 Å². The molecule has 1 aliphatic rings. The molecule has 0 amide bonds. The zero-order chi connectivity index (χ0) is 12.3. The summed E-state index contributed by atoms with van der Waals surface area (Å²) in [6.07, 6.45) is 5.99. The minimum absolute atomic E-state index is 0.843. The molecule has 1 aliphatic heterocycles. The smallest absolute Gasteiger partial charge is 0.0395 e. The molecule has 0 bridgehead atoms. The molecule has 0 atom stereocenters. The molecule has 0 aromatic carbocycles. The molecule has 1 N–H and O–H groups in total. The Morgan fingerprint density at radius 2 is 1.87 bits per heavy atom. The van der Waals surface area contributed by atoms with Gasteiger partial charge in [-0.2, -0.15) is 0 Å². The summed E-state index contributed by atoms with van der Waals surface area (Å²) in [6, 6.07) is 0. The summed E-state index contributed by atoms with van der Waals surface area (Å²) in [4.78, 5) is 0. The number of allylic oxidation sites excluding steroid dienone is 3. The Morgan fingerprint density at radius 1 is 1.33 bits per heavy atom. The molecule has 1 heterocycles. The molecule has 1 heteroatoms. The van der Waals surface area contributed by atoms with Gasteiger partial charge in [0.1, 0.15) is 0 Å². The van der Waals surface area contributed by atoms with Gasteiger partial charge in [-0.05, 0) is 30.3 Å². The van der Waals surface area contributed by atoms with Gasteiger partial charge in [0.15, 0.2) is 0 Å². The first-order valence-electron chi connectivity index (χ1n) is 5.65. The standard InChI is InChI=1S/C10H13N.2C2H6/c1-8(2)6-10-4-5-11-7-9(10)3;2*1-2/h4-6,11H,1,3,7H2,2H3;2*1-2H3/b10-6-;;. The molecular weight excluding hydrogens is 182 g/mol. The second-order valence-electron chi connectivity index (χ2n) is 2.76. The van der Waals surface area contributed by atoms with Gasteiger partial charge in [0, 0.05) is 6.54 Å². The average molecular weight is 207 g/mol. The largest absolute Gasteiger partial charge is 0.387 e. The molecule has 1 nitrogen and oxygen atoms in total. The highest BCUT2D eigenvalue weighted by Gasteiger charge is 2.01. The fourth-order valence-corrected chi connectivity index (χ4v) is 0.966. The lowest BCUT2D eigenvalue weighted by Crippen LogP contribution is -2.14. The topological polar surface area (TPSA) is 12.0 Å². The highest BCUT2D eigenvalue weighted by atomic mass is 14.8. The lowest BCUT2D eigenvalue weighted by Gasteiger charge is -2.12. The average Bonchev–Trinajstić information content (AvgIpc) is 2.27. The lowest BCUT2D eigenvalue weighted by atomic mass is 10.0. The molecular formula is C14H25N. The van der Waals surface area contributed by atoms with Crippen molar-refractivity contribution >= 4 is 0 Å². The normalized spacial score (nSPS) is 15.5. The first-order chi connectivity index (χ1) is 7.20. The van der Waals surface area contributed by atoms with Crippen LogP contribution in [0.25, 0.3) is 0 Å². The summed E-state index contributed by atoms with van der Waals surface area (Å²) in [5.74, 6) is 0. The van der Waals surface area contributed by atoms with E-state index in [2.05, 4.69) is 18.5 Å². The fourth-order valence-electron chi connectivity index (χ4n) is 0.966. The van der Waals surface area contributed by atoms with Crippen LogP contribution in [0, 0.1) is 0 Å². The van der Waals surface area contributed by atoms with E-state index < -0.39 is 0 Å². The maximum atomic E-state index is 3.93. The number of nitrogens with one attached hydrogen (secondary N) is 1. The van der Waals surface area contributed by atoms with Crippen LogP contribution in [0.1, 0.15) is 34.6 Å². The Labute approximate surface area is 95.3 Å². The van der Waals surface area contributed by atoms with Gasteiger partial charge in [0.2, 0.25) is 0 Å². The van der Waals surface area contributed by atoms with Gasteiger partial charge in [-0.15, -0.1) is 0 Å². The molecule has 0 aliphatic carbocycles. The third-order valence-electron chi connectivity index (χ3n) is 1.51. The lowest BCUT2D eigenvalue weighted by molar-refractivity contribution is 0.926. The Bertz CT molecular complexity index is 244. The number of hydrogen-bond donors (Lipinski definition) is 1. The van der Waals surface area contributed by atoms with Crippen LogP contribution in [0.2, 0.25) is 0 Å². The maximum Gasteiger partial charge on any atom is 0.0395 e. The van der Waals surface area contributed by atoms with Crippen molar-refractivity contribution in [1.29, 1.82) is 0 Å². The van der Waals surface area contributed by atoms with Crippen molar-refractivity contribution in [2.75, 3.05) is 6.54 Å². The molecule has 1 rings (SSSR count). The van der Waals surface area contributed by atoms with Crippen molar-refractivity contribution in [2.45, 2.75) is 34.6 Å². The van der Waals surface area contributed by atoms with Crippen LogP contribution in [0.5, 0.6) is 0 Å². The maximum absolute atomic E-state index is 3.93. The predicted octanol–water partition coefficient (Wildman–Crippen LogP) is 4.21.